The van der Waals surface area contributed by atoms with Gasteiger partial charge in [-0.3, -0.25) is 9.69 Å². The minimum atomic E-state index is -1.26. The number of morpholine rings is 1. The van der Waals surface area contributed by atoms with E-state index in [0.29, 0.717) is 35.3 Å². The molecule has 0 spiro atoms. The molecule has 1 aromatic rings. The zero-order chi connectivity index (χ0) is 15.9. The maximum atomic E-state index is 12.5. The van der Waals surface area contributed by atoms with Crippen molar-refractivity contribution in [2.24, 2.45) is 0 Å². The molecule has 3 atom stereocenters. The minimum Gasteiger partial charge on any atom is -0.378 e. The van der Waals surface area contributed by atoms with Crippen LogP contribution in [0.1, 0.15) is 11.7 Å². The number of hydrogen-bond acceptors (Lipinski definition) is 4. The first kappa shape index (κ1) is 16.0. The molecule has 120 valence electrons. The lowest BCUT2D eigenvalue weighted by Gasteiger charge is -2.33. The van der Waals surface area contributed by atoms with E-state index in [0.717, 1.165) is 6.54 Å². The van der Waals surface area contributed by atoms with Crippen molar-refractivity contribution in [2.75, 3.05) is 33.3 Å². The molecular formula is C15H18Cl2N2O3. The second-order valence-corrected chi connectivity index (χ2v) is 6.68. The second kappa shape index (κ2) is 6.34. The molecule has 2 heterocycles. The predicted molar refractivity (Wildman–Crippen MR) is 84.2 cm³/mol. The van der Waals surface area contributed by atoms with Gasteiger partial charge in [-0.1, -0.05) is 23.2 Å². The van der Waals surface area contributed by atoms with Crippen LogP contribution in [0.4, 0.5) is 0 Å². The topological polar surface area (TPSA) is 53.0 Å². The fraction of sp³-hybridized carbons (Fsp3) is 0.533. The number of benzene rings is 1. The van der Waals surface area contributed by atoms with Crippen LogP contribution in [0.3, 0.4) is 0 Å². The van der Waals surface area contributed by atoms with E-state index >= 15 is 0 Å². The molecule has 0 saturated carbocycles. The van der Waals surface area contributed by atoms with Crippen molar-refractivity contribution >= 4 is 29.1 Å². The molecule has 0 aromatic heterocycles. The zero-order valence-electron chi connectivity index (χ0n) is 12.2. The highest BCUT2D eigenvalue weighted by Gasteiger charge is 2.41. The van der Waals surface area contributed by atoms with Gasteiger partial charge < -0.3 is 14.7 Å². The average molecular weight is 345 g/mol. The Kier molecular flexibility index (Phi) is 4.61. The number of rotatable bonds is 2. The van der Waals surface area contributed by atoms with Gasteiger partial charge in [-0.05, 0) is 30.8 Å². The van der Waals surface area contributed by atoms with Crippen molar-refractivity contribution in [3.63, 3.8) is 0 Å². The molecule has 3 unspecified atom stereocenters. The van der Waals surface area contributed by atoms with Crippen molar-refractivity contribution in [3.05, 3.63) is 33.8 Å². The first-order valence-electron chi connectivity index (χ1n) is 7.20. The van der Waals surface area contributed by atoms with Gasteiger partial charge in [-0.25, -0.2) is 0 Å². The second-order valence-electron chi connectivity index (χ2n) is 5.81. The molecule has 0 radical (unpaired) electrons. The van der Waals surface area contributed by atoms with Crippen molar-refractivity contribution in [2.45, 2.75) is 18.2 Å². The number of halogens is 2. The first-order chi connectivity index (χ1) is 10.5. The van der Waals surface area contributed by atoms with Crippen LogP contribution in [-0.4, -0.2) is 66.2 Å². The Bertz CT molecular complexity index is 564. The Morgan fingerprint density at radius 3 is 2.64 bits per heavy atom. The highest BCUT2D eigenvalue weighted by Crippen LogP contribution is 2.28. The number of hydrogen-bond donors (Lipinski definition) is 1. The summed E-state index contributed by atoms with van der Waals surface area (Å²) in [7, 11) is 2.03. The lowest BCUT2D eigenvalue weighted by atomic mass is 10.1. The molecule has 22 heavy (non-hydrogen) atoms. The Morgan fingerprint density at radius 2 is 2.00 bits per heavy atom. The van der Waals surface area contributed by atoms with Gasteiger partial charge in [-0.2, -0.15) is 0 Å². The van der Waals surface area contributed by atoms with Gasteiger partial charge in [0, 0.05) is 29.7 Å². The summed E-state index contributed by atoms with van der Waals surface area (Å²) in [6.45, 7) is 2.59. The van der Waals surface area contributed by atoms with E-state index in [9.17, 15) is 9.90 Å². The average Bonchev–Trinajstić information content (AvgIpc) is 2.90. The largest absolute Gasteiger partial charge is 0.378 e. The van der Waals surface area contributed by atoms with E-state index in [1.807, 2.05) is 7.05 Å². The Balaban J connectivity index is 1.74. The number of aliphatic hydroxyl groups is 1. The normalized spacial score (nSPS) is 26.8. The lowest BCUT2D eigenvalue weighted by molar-refractivity contribution is -0.139. The van der Waals surface area contributed by atoms with Crippen LogP contribution in [0.5, 0.6) is 0 Å². The standard InChI is InChI=1S/C15H18Cl2N2O3/c1-18-2-3-22-13-8-19(7-12(13)18)15(21)14(20)9-4-10(16)6-11(17)5-9/h4-6,12-14,20H,2-3,7-8H2,1H3. The lowest BCUT2D eigenvalue weighted by Crippen LogP contribution is -2.48. The summed E-state index contributed by atoms with van der Waals surface area (Å²) in [6.07, 6.45) is -1.25. The molecule has 2 fully saturated rings. The van der Waals surface area contributed by atoms with Crippen LogP contribution < -0.4 is 0 Å². The Hall–Kier alpha value is -0.850. The Morgan fingerprint density at radius 1 is 1.32 bits per heavy atom. The number of fused-ring (bicyclic) bond motifs is 1. The summed E-state index contributed by atoms with van der Waals surface area (Å²) >= 11 is 11.9. The summed E-state index contributed by atoms with van der Waals surface area (Å²) in [5, 5.41) is 11.1. The molecule has 2 aliphatic rings. The maximum Gasteiger partial charge on any atom is 0.256 e. The number of nitrogens with zero attached hydrogens (tertiary/aromatic N) is 2. The number of amides is 1. The van der Waals surface area contributed by atoms with Crippen LogP contribution in [0, 0.1) is 0 Å². The smallest absolute Gasteiger partial charge is 0.256 e. The number of ether oxygens (including phenoxy) is 1. The SMILES string of the molecule is CN1CCOC2CN(C(=O)C(O)c3cc(Cl)cc(Cl)c3)CC21. The number of aliphatic hydroxyl groups excluding tert-OH is 1. The molecule has 0 bridgehead atoms. The van der Waals surface area contributed by atoms with Gasteiger partial charge in [0.05, 0.1) is 18.8 Å². The van der Waals surface area contributed by atoms with Gasteiger partial charge in [0.25, 0.3) is 5.91 Å². The summed E-state index contributed by atoms with van der Waals surface area (Å²) in [4.78, 5) is 16.4. The number of likely N-dealkylation sites (tertiary alicyclic amines) is 1. The number of likely N-dealkylation sites (N-methyl/N-ethyl adjacent to an activating group) is 1. The van der Waals surface area contributed by atoms with Gasteiger partial charge >= 0.3 is 0 Å². The molecule has 1 aromatic carbocycles. The molecular weight excluding hydrogens is 327 g/mol. The molecule has 2 saturated heterocycles. The van der Waals surface area contributed by atoms with Crippen molar-refractivity contribution < 1.29 is 14.6 Å². The number of carbonyl (C=O) groups excluding carboxylic acids is 1. The number of carbonyl (C=O) groups is 1. The molecule has 1 amide bonds. The zero-order valence-corrected chi connectivity index (χ0v) is 13.7. The van der Waals surface area contributed by atoms with Crippen LogP contribution >= 0.6 is 23.2 Å². The summed E-state index contributed by atoms with van der Waals surface area (Å²) in [6, 6.07) is 4.87. The van der Waals surface area contributed by atoms with Crippen molar-refractivity contribution in [1.82, 2.24) is 9.80 Å². The quantitative estimate of drug-likeness (QED) is 0.884. The van der Waals surface area contributed by atoms with Gasteiger partial charge in [0.15, 0.2) is 6.10 Å². The highest BCUT2D eigenvalue weighted by molar-refractivity contribution is 6.34. The summed E-state index contributed by atoms with van der Waals surface area (Å²) < 4.78 is 5.72. The van der Waals surface area contributed by atoms with E-state index in [4.69, 9.17) is 27.9 Å². The molecule has 5 nitrogen and oxygen atoms in total. The molecule has 1 N–H and O–H groups in total. The van der Waals surface area contributed by atoms with E-state index in [1.54, 1.807) is 23.1 Å². The maximum absolute atomic E-state index is 12.5. The summed E-state index contributed by atoms with van der Waals surface area (Å²) in [5.74, 6) is -0.343. The molecule has 7 heteroatoms. The van der Waals surface area contributed by atoms with E-state index in [1.165, 1.54) is 0 Å². The third kappa shape index (κ3) is 3.09. The van der Waals surface area contributed by atoms with Crippen molar-refractivity contribution in [1.29, 1.82) is 0 Å². The fourth-order valence-corrected chi connectivity index (χ4v) is 3.63. The molecule has 3 rings (SSSR count). The van der Waals surface area contributed by atoms with Gasteiger partial charge in [-0.15, -0.1) is 0 Å². The van der Waals surface area contributed by atoms with E-state index in [2.05, 4.69) is 4.90 Å². The third-order valence-corrected chi connectivity index (χ3v) is 4.76. The fourth-order valence-electron chi connectivity index (χ4n) is 3.09. The minimum absolute atomic E-state index is 0.0119. The van der Waals surface area contributed by atoms with Crippen LogP contribution in [0.15, 0.2) is 18.2 Å². The predicted octanol–water partition coefficient (Wildman–Crippen LogP) is 1.57. The Labute approximate surface area is 139 Å². The van der Waals surface area contributed by atoms with Crippen LogP contribution in [0.2, 0.25) is 10.0 Å². The molecule has 2 aliphatic heterocycles. The van der Waals surface area contributed by atoms with Gasteiger partial charge in [0.1, 0.15) is 0 Å². The van der Waals surface area contributed by atoms with Crippen molar-refractivity contribution in [3.8, 4) is 0 Å². The van der Waals surface area contributed by atoms with Crippen LogP contribution in [-0.2, 0) is 9.53 Å². The molecule has 0 aliphatic carbocycles. The third-order valence-electron chi connectivity index (χ3n) is 4.33. The van der Waals surface area contributed by atoms with Crippen LogP contribution in [0.25, 0.3) is 0 Å². The van der Waals surface area contributed by atoms with E-state index in [-0.39, 0.29) is 18.1 Å². The first-order valence-corrected chi connectivity index (χ1v) is 7.96. The summed E-state index contributed by atoms with van der Waals surface area (Å²) in [5.41, 5.74) is 0.409. The monoisotopic (exact) mass is 344 g/mol. The van der Waals surface area contributed by atoms with E-state index < -0.39 is 6.10 Å². The highest BCUT2D eigenvalue weighted by atomic mass is 35.5. The van der Waals surface area contributed by atoms with Gasteiger partial charge in [0.2, 0.25) is 0 Å².